The molecule has 5 heteroatoms. The van der Waals surface area contributed by atoms with E-state index in [2.05, 4.69) is 10.2 Å². The van der Waals surface area contributed by atoms with E-state index in [0.29, 0.717) is 23.8 Å². The van der Waals surface area contributed by atoms with Gasteiger partial charge in [0, 0.05) is 13.7 Å². The van der Waals surface area contributed by atoms with Gasteiger partial charge in [-0.3, -0.25) is 9.69 Å². The van der Waals surface area contributed by atoms with E-state index < -0.39 is 0 Å². The summed E-state index contributed by atoms with van der Waals surface area (Å²) in [5.41, 5.74) is 8.31. The molecule has 1 saturated heterocycles. The van der Waals surface area contributed by atoms with E-state index in [0.717, 1.165) is 31.7 Å². The molecule has 21 heavy (non-hydrogen) atoms. The molecule has 5 nitrogen and oxygen atoms in total. The molecule has 1 fully saturated rings. The molecule has 1 unspecified atom stereocenters. The number of nitrogens with one attached hydrogen (secondary N) is 1. The molecule has 1 heterocycles. The molecule has 0 aliphatic carbocycles. The highest BCUT2D eigenvalue weighted by Gasteiger charge is 2.21. The summed E-state index contributed by atoms with van der Waals surface area (Å²) in [7, 11) is 1.73. The number of benzene rings is 1. The van der Waals surface area contributed by atoms with Crippen molar-refractivity contribution in [3.63, 3.8) is 0 Å². The number of nitrogen functional groups attached to an aromatic ring is 1. The molecule has 3 N–H and O–H groups in total. The van der Waals surface area contributed by atoms with Crippen LogP contribution in [0.5, 0.6) is 0 Å². The van der Waals surface area contributed by atoms with Gasteiger partial charge in [-0.05, 0) is 49.9 Å². The number of hydrogen-bond donors (Lipinski definition) is 2. The summed E-state index contributed by atoms with van der Waals surface area (Å²) in [6, 6.07) is 5.67. The van der Waals surface area contributed by atoms with Crippen molar-refractivity contribution < 1.29 is 9.53 Å². The number of methoxy groups -OCH3 is 1. The zero-order valence-corrected chi connectivity index (χ0v) is 12.9. The Morgan fingerprint density at radius 1 is 1.52 bits per heavy atom. The van der Waals surface area contributed by atoms with Gasteiger partial charge >= 0.3 is 0 Å². The number of carbonyl (C=O) groups is 1. The van der Waals surface area contributed by atoms with E-state index >= 15 is 0 Å². The van der Waals surface area contributed by atoms with Crippen LogP contribution in [-0.4, -0.2) is 44.2 Å². The van der Waals surface area contributed by atoms with Crippen molar-refractivity contribution in [1.82, 2.24) is 4.90 Å². The van der Waals surface area contributed by atoms with E-state index in [1.807, 2.05) is 25.1 Å². The second kappa shape index (κ2) is 7.43. The lowest BCUT2D eigenvalue weighted by atomic mass is 9.99. The van der Waals surface area contributed by atoms with Crippen LogP contribution in [0.25, 0.3) is 0 Å². The van der Waals surface area contributed by atoms with Crippen LogP contribution in [0.15, 0.2) is 18.2 Å². The largest absolute Gasteiger partial charge is 0.397 e. The number of hydrogen-bond acceptors (Lipinski definition) is 4. The first-order valence-electron chi connectivity index (χ1n) is 7.45. The van der Waals surface area contributed by atoms with Gasteiger partial charge in [-0.1, -0.05) is 6.07 Å². The predicted octanol–water partition coefficient (Wildman–Crippen LogP) is 1.87. The van der Waals surface area contributed by atoms with Gasteiger partial charge in [0.2, 0.25) is 5.91 Å². The third kappa shape index (κ3) is 4.72. The predicted molar refractivity (Wildman–Crippen MR) is 85.3 cm³/mol. The van der Waals surface area contributed by atoms with Gasteiger partial charge in [0.25, 0.3) is 0 Å². The standard InChI is InChI=1S/C16H25N3O2/c1-12-5-6-15(14(17)8-12)18-16(20)10-19-7-3-4-13(9-19)11-21-2/h5-6,8,13H,3-4,7,9-11,17H2,1-2H3,(H,18,20). The quantitative estimate of drug-likeness (QED) is 0.813. The number of piperidine rings is 1. The maximum atomic E-state index is 12.1. The number of aryl methyl sites for hydroxylation is 1. The minimum Gasteiger partial charge on any atom is -0.397 e. The number of nitrogens with zero attached hydrogens (tertiary/aromatic N) is 1. The number of amides is 1. The summed E-state index contributed by atoms with van der Waals surface area (Å²) in [4.78, 5) is 14.3. The SMILES string of the molecule is COCC1CCCN(CC(=O)Nc2ccc(C)cc2N)C1. The van der Waals surface area contributed by atoms with Crippen molar-refractivity contribution in [2.75, 3.05) is 44.4 Å². The van der Waals surface area contributed by atoms with E-state index in [-0.39, 0.29) is 5.91 Å². The number of likely N-dealkylation sites (tertiary alicyclic amines) is 1. The molecule has 0 saturated carbocycles. The molecule has 1 aliphatic heterocycles. The van der Waals surface area contributed by atoms with Crippen LogP contribution in [0.2, 0.25) is 0 Å². The smallest absolute Gasteiger partial charge is 0.238 e. The Morgan fingerprint density at radius 3 is 3.05 bits per heavy atom. The highest BCUT2D eigenvalue weighted by Crippen LogP contribution is 2.20. The van der Waals surface area contributed by atoms with Gasteiger partial charge in [0.15, 0.2) is 0 Å². The van der Waals surface area contributed by atoms with Crippen LogP contribution in [0, 0.1) is 12.8 Å². The van der Waals surface area contributed by atoms with Gasteiger partial charge in [-0.15, -0.1) is 0 Å². The number of carbonyl (C=O) groups excluding carboxylic acids is 1. The Morgan fingerprint density at radius 2 is 2.33 bits per heavy atom. The summed E-state index contributed by atoms with van der Waals surface area (Å²) < 4.78 is 5.21. The normalized spacial score (nSPS) is 19.4. The van der Waals surface area contributed by atoms with Crippen molar-refractivity contribution in [2.45, 2.75) is 19.8 Å². The first-order chi connectivity index (χ1) is 10.1. The van der Waals surface area contributed by atoms with Crippen LogP contribution >= 0.6 is 0 Å². The summed E-state index contributed by atoms with van der Waals surface area (Å²) >= 11 is 0. The fraction of sp³-hybridized carbons (Fsp3) is 0.562. The number of ether oxygens (including phenoxy) is 1. The fourth-order valence-corrected chi connectivity index (χ4v) is 2.86. The van der Waals surface area contributed by atoms with E-state index in [1.54, 1.807) is 7.11 Å². The Kier molecular flexibility index (Phi) is 5.59. The lowest BCUT2D eigenvalue weighted by Gasteiger charge is -2.31. The number of anilines is 2. The number of rotatable bonds is 5. The Labute approximate surface area is 126 Å². The molecule has 1 amide bonds. The van der Waals surface area contributed by atoms with Crippen LogP contribution in [0.1, 0.15) is 18.4 Å². The van der Waals surface area contributed by atoms with E-state index in [1.165, 1.54) is 6.42 Å². The first-order valence-corrected chi connectivity index (χ1v) is 7.45. The molecule has 1 aliphatic rings. The summed E-state index contributed by atoms with van der Waals surface area (Å²) in [6.07, 6.45) is 2.30. The summed E-state index contributed by atoms with van der Waals surface area (Å²) in [5, 5.41) is 2.89. The fourth-order valence-electron chi connectivity index (χ4n) is 2.86. The van der Waals surface area contributed by atoms with Crippen molar-refractivity contribution in [3.05, 3.63) is 23.8 Å². The molecule has 0 bridgehead atoms. The van der Waals surface area contributed by atoms with Crippen LogP contribution in [0.3, 0.4) is 0 Å². The lowest BCUT2D eigenvalue weighted by molar-refractivity contribution is -0.117. The zero-order chi connectivity index (χ0) is 15.2. The van der Waals surface area contributed by atoms with Crippen LogP contribution < -0.4 is 11.1 Å². The highest BCUT2D eigenvalue weighted by molar-refractivity contribution is 5.95. The monoisotopic (exact) mass is 291 g/mol. The van der Waals surface area contributed by atoms with Crippen LogP contribution in [0.4, 0.5) is 11.4 Å². The van der Waals surface area contributed by atoms with E-state index in [4.69, 9.17) is 10.5 Å². The Balaban J connectivity index is 1.86. The van der Waals surface area contributed by atoms with Gasteiger partial charge in [0.1, 0.15) is 0 Å². The molecule has 1 atom stereocenters. The van der Waals surface area contributed by atoms with Gasteiger partial charge in [0.05, 0.1) is 24.5 Å². The van der Waals surface area contributed by atoms with Gasteiger partial charge in [-0.25, -0.2) is 0 Å². The molecule has 1 aromatic rings. The lowest BCUT2D eigenvalue weighted by Crippen LogP contribution is -2.41. The summed E-state index contributed by atoms with van der Waals surface area (Å²) in [6.45, 7) is 5.05. The molecule has 1 aromatic carbocycles. The maximum absolute atomic E-state index is 12.1. The first kappa shape index (κ1) is 15.8. The molecular weight excluding hydrogens is 266 g/mol. The third-order valence-electron chi connectivity index (χ3n) is 3.85. The molecular formula is C16H25N3O2. The van der Waals surface area contributed by atoms with Crippen molar-refractivity contribution in [2.24, 2.45) is 5.92 Å². The van der Waals surface area contributed by atoms with Gasteiger partial charge < -0.3 is 15.8 Å². The van der Waals surface area contributed by atoms with Crippen molar-refractivity contribution in [3.8, 4) is 0 Å². The Bertz CT molecular complexity index is 488. The molecule has 0 radical (unpaired) electrons. The van der Waals surface area contributed by atoms with Crippen molar-refractivity contribution in [1.29, 1.82) is 0 Å². The minimum atomic E-state index is -0.0105. The average Bonchev–Trinajstić information content (AvgIpc) is 2.43. The average molecular weight is 291 g/mol. The van der Waals surface area contributed by atoms with Crippen LogP contribution in [-0.2, 0) is 9.53 Å². The third-order valence-corrected chi connectivity index (χ3v) is 3.85. The summed E-state index contributed by atoms with van der Waals surface area (Å²) in [5.74, 6) is 0.518. The number of nitrogens with two attached hydrogens (primary N) is 1. The second-order valence-corrected chi connectivity index (χ2v) is 5.84. The molecule has 0 aromatic heterocycles. The van der Waals surface area contributed by atoms with Gasteiger partial charge in [-0.2, -0.15) is 0 Å². The highest BCUT2D eigenvalue weighted by atomic mass is 16.5. The van der Waals surface area contributed by atoms with Crippen molar-refractivity contribution >= 4 is 17.3 Å². The zero-order valence-electron chi connectivity index (χ0n) is 12.9. The minimum absolute atomic E-state index is 0.0105. The topological polar surface area (TPSA) is 67.6 Å². The molecule has 2 rings (SSSR count). The molecule has 116 valence electrons. The van der Waals surface area contributed by atoms with E-state index in [9.17, 15) is 4.79 Å². The Hall–Kier alpha value is -1.59. The second-order valence-electron chi connectivity index (χ2n) is 5.84. The molecule has 0 spiro atoms. The maximum Gasteiger partial charge on any atom is 0.238 e.